The number of ether oxygens (including phenoxy) is 1. The minimum Gasteiger partial charge on any atom is -0.444 e. The molecule has 2 rings (SSSR count). The highest BCUT2D eigenvalue weighted by Crippen LogP contribution is 2.19. The number of anilines is 1. The van der Waals surface area contributed by atoms with E-state index in [1.165, 1.54) is 0 Å². The van der Waals surface area contributed by atoms with Gasteiger partial charge < -0.3 is 15.0 Å². The molecule has 1 atom stereocenters. The fourth-order valence-corrected chi connectivity index (χ4v) is 2.56. The molecule has 1 saturated heterocycles. The number of hydrogen-bond acceptors (Lipinski definition) is 5. The van der Waals surface area contributed by atoms with Crippen LogP contribution >= 0.6 is 0 Å². The zero-order chi connectivity index (χ0) is 17.0. The van der Waals surface area contributed by atoms with Crippen LogP contribution < -0.4 is 5.32 Å². The predicted octanol–water partition coefficient (Wildman–Crippen LogP) is 3.41. The second-order valence-corrected chi connectivity index (χ2v) is 7.39. The van der Waals surface area contributed by atoms with E-state index in [-0.39, 0.29) is 12.1 Å². The number of likely N-dealkylation sites (tertiary alicyclic amines) is 1. The zero-order valence-electron chi connectivity index (χ0n) is 14.8. The Kier molecular flexibility index (Phi) is 5.44. The fourth-order valence-electron chi connectivity index (χ4n) is 2.56. The van der Waals surface area contributed by atoms with Gasteiger partial charge in [-0.1, -0.05) is 13.8 Å². The lowest BCUT2D eigenvalue weighted by molar-refractivity contribution is 0.0206. The monoisotopic (exact) mass is 320 g/mol. The highest BCUT2D eigenvalue weighted by molar-refractivity contribution is 5.68. The molecule has 6 nitrogen and oxygen atoms in total. The van der Waals surface area contributed by atoms with Gasteiger partial charge in [0, 0.05) is 30.9 Å². The standard InChI is InChI=1S/C17H28N4O2/c1-12(2)14-9-15(19-11-18-14)20-13-7-6-8-21(10-13)16(22)23-17(3,4)5/h9,11-13H,6-8,10H2,1-5H3,(H,18,19,20). The highest BCUT2D eigenvalue weighted by Gasteiger charge is 2.27. The summed E-state index contributed by atoms with van der Waals surface area (Å²) in [5.41, 5.74) is 0.554. The molecular weight excluding hydrogens is 292 g/mol. The summed E-state index contributed by atoms with van der Waals surface area (Å²) in [6.45, 7) is 11.3. The lowest BCUT2D eigenvalue weighted by Gasteiger charge is -2.34. The van der Waals surface area contributed by atoms with Crippen LogP contribution in [0.1, 0.15) is 59.1 Å². The Hall–Kier alpha value is -1.85. The first-order chi connectivity index (χ1) is 10.7. The molecule has 128 valence electrons. The molecule has 0 aromatic carbocycles. The molecule has 1 aliphatic heterocycles. The minimum atomic E-state index is -0.462. The van der Waals surface area contributed by atoms with Gasteiger partial charge in [0.25, 0.3) is 0 Å². The third-order valence-electron chi connectivity index (χ3n) is 3.70. The van der Waals surface area contributed by atoms with Crippen molar-refractivity contribution in [2.45, 2.75) is 65.0 Å². The van der Waals surface area contributed by atoms with Crippen molar-refractivity contribution in [2.75, 3.05) is 18.4 Å². The Morgan fingerprint density at radius 3 is 2.78 bits per heavy atom. The van der Waals surface area contributed by atoms with Crippen LogP contribution in [0.3, 0.4) is 0 Å². The molecular formula is C17H28N4O2. The van der Waals surface area contributed by atoms with Crippen molar-refractivity contribution in [3.05, 3.63) is 18.1 Å². The Balaban J connectivity index is 1.96. The number of nitrogens with one attached hydrogen (secondary N) is 1. The first-order valence-corrected chi connectivity index (χ1v) is 8.31. The van der Waals surface area contributed by atoms with Crippen LogP contribution in [0.2, 0.25) is 0 Å². The summed E-state index contributed by atoms with van der Waals surface area (Å²) >= 11 is 0. The molecule has 0 radical (unpaired) electrons. The van der Waals surface area contributed by atoms with Crippen LogP contribution in [0, 0.1) is 0 Å². The van der Waals surface area contributed by atoms with E-state index in [1.54, 1.807) is 11.2 Å². The number of piperidine rings is 1. The number of amides is 1. The highest BCUT2D eigenvalue weighted by atomic mass is 16.6. The second-order valence-electron chi connectivity index (χ2n) is 7.39. The lowest BCUT2D eigenvalue weighted by atomic mass is 10.1. The molecule has 1 aliphatic rings. The van der Waals surface area contributed by atoms with E-state index in [4.69, 9.17) is 4.74 Å². The number of carbonyl (C=O) groups excluding carboxylic acids is 1. The largest absolute Gasteiger partial charge is 0.444 e. The van der Waals surface area contributed by atoms with Crippen molar-refractivity contribution >= 4 is 11.9 Å². The summed E-state index contributed by atoms with van der Waals surface area (Å²) in [7, 11) is 0. The summed E-state index contributed by atoms with van der Waals surface area (Å²) in [6, 6.07) is 2.17. The quantitative estimate of drug-likeness (QED) is 0.924. The smallest absolute Gasteiger partial charge is 0.410 e. The Morgan fingerprint density at radius 1 is 1.39 bits per heavy atom. The van der Waals surface area contributed by atoms with Gasteiger partial charge in [-0.3, -0.25) is 0 Å². The van der Waals surface area contributed by atoms with Gasteiger partial charge in [0.1, 0.15) is 17.7 Å². The van der Waals surface area contributed by atoms with E-state index in [0.717, 1.165) is 30.9 Å². The van der Waals surface area contributed by atoms with E-state index < -0.39 is 5.60 Å². The van der Waals surface area contributed by atoms with Gasteiger partial charge in [-0.25, -0.2) is 14.8 Å². The Morgan fingerprint density at radius 2 is 2.13 bits per heavy atom. The third-order valence-corrected chi connectivity index (χ3v) is 3.70. The number of nitrogens with zero attached hydrogens (tertiary/aromatic N) is 3. The molecule has 1 aromatic heterocycles. The van der Waals surface area contributed by atoms with Crippen molar-refractivity contribution < 1.29 is 9.53 Å². The van der Waals surface area contributed by atoms with E-state index >= 15 is 0 Å². The number of carbonyl (C=O) groups is 1. The molecule has 1 fully saturated rings. The number of hydrogen-bond donors (Lipinski definition) is 1. The predicted molar refractivity (Wildman–Crippen MR) is 90.6 cm³/mol. The molecule has 0 bridgehead atoms. The van der Waals surface area contributed by atoms with Gasteiger partial charge in [-0.15, -0.1) is 0 Å². The minimum absolute atomic E-state index is 0.186. The summed E-state index contributed by atoms with van der Waals surface area (Å²) in [5.74, 6) is 1.18. The normalized spacial score (nSPS) is 18.9. The van der Waals surface area contributed by atoms with Crippen molar-refractivity contribution in [2.24, 2.45) is 0 Å². The first kappa shape index (κ1) is 17.5. The maximum absolute atomic E-state index is 12.2. The lowest BCUT2D eigenvalue weighted by Crippen LogP contribution is -2.47. The second kappa shape index (κ2) is 7.15. The van der Waals surface area contributed by atoms with Crippen LogP contribution in [0.4, 0.5) is 10.6 Å². The first-order valence-electron chi connectivity index (χ1n) is 8.31. The van der Waals surface area contributed by atoms with E-state index in [9.17, 15) is 4.79 Å². The fraction of sp³-hybridized carbons (Fsp3) is 0.706. The van der Waals surface area contributed by atoms with Crippen molar-refractivity contribution in [1.29, 1.82) is 0 Å². The summed E-state index contributed by atoms with van der Waals surface area (Å²) in [5, 5.41) is 3.42. The average Bonchev–Trinajstić information content (AvgIpc) is 2.46. The van der Waals surface area contributed by atoms with Crippen LogP contribution in [0.25, 0.3) is 0 Å². The van der Waals surface area contributed by atoms with Gasteiger partial charge in [0.15, 0.2) is 0 Å². The summed E-state index contributed by atoms with van der Waals surface area (Å²) in [4.78, 5) is 22.5. The Bertz CT molecular complexity index is 540. The molecule has 2 heterocycles. The maximum Gasteiger partial charge on any atom is 0.410 e. The SMILES string of the molecule is CC(C)c1cc(NC2CCCN(C(=O)OC(C)(C)C)C2)ncn1. The zero-order valence-corrected chi connectivity index (χ0v) is 14.8. The van der Waals surface area contributed by atoms with Gasteiger partial charge in [0.05, 0.1) is 0 Å². The molecule has 1 unspecified atom stereocenters. The maximum atomic E-state index is 12.2. The summed E-state index contributed by atoms with van der Waals surface area (Å²) < 4.78 is 5.46. The molecule has 1 aromatic rings. The average molecular weight is 320 g/mol. The van der Waals surface area contributed by atoms with Crippen molar-refractivity contribution in [3.8, 4) is 0 Å². The number of aromatic nitrogens is 2. The van der Waals surface area contributed by atoms with Crippen LogP contribution in [-0.4, -0.2) is 45.7 Å². The molecule has 1 N–H and O–H groups in total. The summed E-state index contributed by atoms with van der Waals surface area (Å²) in [6.07, 6.45) is 3.32. The van der Waals surface area contributed by atoms with E-state index in [2.05, 4.69) is 29.1 Å². The van der Waals surface area contributed by atoms with Crippen molar-refractivity contribution in [1.82, 2.24) is 14.9 Å². The third kappa shape index (κ3) is 5.37. The van der Waals surface area contributed by atoms with Gasteiger partial charge in [-0.05, 0) is 39.5 Å². The van der Waals surface area contributed by atoms with Crippen LogP contribution in [-0.2, 0) is 4.74 Å². The van der Waals surface area contributed by atoms with Crippen LogP contribution in [0.15, 0.2) is 12.4 Å². The molecule has 1 amide bonds. The van der Waals surface area contributed by atoms with Gasteiger partial charge >= 0.3 is 6.09 Å². The molecule has 0 spiro atoms. The van der Waals surface area contributed by atoms with E-state index in [1.807, 2.05) is 26.8 Å². The molecule has 0 saturated carbocycles. The van der Waals surface area contributed by atoms with Gasteiger partial charge in [-0.2, -0.15) is 0 Å². The Labute approximate surface area is 138 Å². The number of rotatable bonds is 3. The van der Waals surface area contributed by atoms with Gasteiger partial charge in [0.2, 0.25) is 0 Å². The van der Waals surface area contributed by atoms with Crippen LogP contribution in [0.5, 0.6) is 0 Å². The molecule has 23 heavy (non-hydrogen) atoms. The molecule has 6 heteroatoms. The molecule has 0 aliphatic carbocycles. The topological polar surface area (TPSA) is 67.4 Å². The van der Waals surface area contributed by atoms with E-state index in [0.29, 0.717) is 12.5 Å². The van der Waals surface area contributed by atoms with Crippen molar-refractivity contribution in [3.63, 3.8) is 0 Å².